The fourth-order valence-corrected chi connectivity index (χ4v) is 1.22. The van der Waals surface area contributed by atoms with Crippen LogP contribution in [0.2, 0.25) is 0 Å². The predicted molar refractivity (Wildman–Crippen MR) is 45.8 cm³/mol. The normalized spacial score (nSPS) is 20.2. The Labute approximate surface area is 72.7 Å². The number of likely N-dealkylation sites (tertiary alicyclic amines) is 1. The zero-order chi connectivity index (χ0) is 9.35. The van der Waals surface area contributed by atoms with Gasteiger partial charge in [-0.05, 0) is 20.8 Å². The van der Waals surface area contributed by atoms with E-state index in [0.29, 0.717) is 0 Å². The fourth-order valence-electron chi connectivity index (χ4n) is 1.22. The number of hydrogen-bond donors (Lipinski definition) is 1. The lowest BCUT2D eigenvalue weighted by molar-refractivity contribution is -0.0536. The van der Waals surface area contributed by atoms with Gasteiger partial charge in [-0.25, -0.2) is 4.79 Å². The van der Waals surface area contributed by atoms with Crippen LogP contribution in [0.15, 0.2) is 0 Å². The number of ether oxygens (including phenoxy) is 1. The largest absolute Gasteiger partial charge is 0.444 e. The van der Waals surface area contributed by atoms with Crippen LogP contribution in [0.5, 0.6) is 0 Å². The molecule has 0 bridgehead atoms. The lowest BCUT2D eigenvalue weighted by Gasteiger charge is -2.46. The molecule has 0 spiro atoms. The monoisotopic (exact) mass is 172 g/mol. The number of carbonyl (C=O) groups is 1. The van der Waals surface area contributed by atoms with Crippen molar-refractivity contribution in [3.8, 4) is 0 Å². The maximum atomic E-state index is 10.3. The number of rotatable bonds is 1. The smallest absolute Gasteiger partial charge is 0.404 e. The highest BCUT2D eigenvalue weighted by Gasteiger charge is 2.36. The molecule has 1 aliphatic rings. The third-order valence-corrected chi connectivity index (χ3v) is 2.08. The minimum absolute atomic E-state index is 0.00160. The Bertz CT molecular complexity index is 180. The number of carbonyl (C=O) groups excluding carboxylic acids is 1. The van der Waals surface area contributed by atoms with Gasteiger partial charge in [-0.1, -0.05) is 0 Å². The molecule has 2 N–H and O–H groups in total. The van der Waals surface area contributed by atoms with E-state index in [4.69, 9.17) is 10.5 Å². The molecule has 1 rings (SSSR count). The minimum atomic E-state index is -0.673. The quantitative estimate of drug-likeness (QED) is 0.629. The van der Waals surface area contributed by atoms with Crippen molar-refractivity contribution in [3.63, 3.8) is 0 Å². The van der Waals surface area contributed by atoms with Gasteiger partial charge in [0, 0.05) is 18.6 Å². The van der Waals surface area contributed by atoms with E-state index in [1.807, 2.05) is 0 Å². The van der Waals surface area contributed by atoms with Gasteiger partial charge in [0.2, 0.25) is 0 Å². The summed E-state index contributed by atoms with van der Waals surface area (Å²) < 4.78 is 4.81. The van der Waals surface area contributed by atoms with Gasteiger partial charge in [0.05, 0.1) is 0 Å². The highest BCUT2D eigenvalue weighted by molar-refractivity contribution is 5.64. The van der Waals surface area contributed by atoms with Gasteiger partial charge in [0.1, 0.15) is 6.10 Å². The Morgan fingerprint density at radius 1 is 1.50 bits per heavy atom. The van der Waals surface area contributed by atoms with Crippen LogP contribution in [-0.4, -0.2) is 35.7 Å². The molecule has 4 heteroatoms. The molecule has 0 radical (unpaired) electrons. The van der Waals surface area contributed by atoms with Crippen LogP contribution in [-0.2, 0) is 4.74 Å². The highest BCUT2D eigenvalue weighted by atomic mass is 16.6. The third kappa shape index (κ3) is 2.11. The van der Waals surface area contributed by atoms with Gasteiger partial charge >= 0.3 is 6.09 Å². The average molecular weight is 172 g/mol. The molecule has 0 aromatic heterocycles. The van der Waals surface area contributed by atoms with Crippen molar-refractivity contribution in [2.75, 3.05) is 13.1 Å². The lowest BCUT2D eigenvalue weighted by atomic mass is 9.99. The van der Waals surface area contributed by atoms with E-state index in [1.165, 1.54) is 0 Å². The van der Waals surface area contributed by atoms with Gasteiger partial charge < -0.3 is 10.5 Å². The third-order valence-electron chi connectivity index (χ3n) is 2.08. The summed E-state index contributed by atoms with van der Waals surface area (Å²) in [7, 11) is 0. The van der Waals surface area contributed by atoms with Crippen LogP contribution in [0, 0.1) is 0 Å². The zero-order valence-electron chi connectivity index (χ0n) is 7.83. The summed E-state index contributed by atoms with van der Waals surface area (Å²) in [5.74, 6) is 0. The van der Waals surface area contributed by atoms with Crippen molar-refractivity contribution in [1.82, 2.24) is 4.90 Å². The second kappa shape index (κ2) is 2.94. The van der Waals surface area contributed by atoms with Crippen molar-refractivity contribution in [1.29, 1.82) is 0 Å². The molecule has 0 unspecified atom stereocenters. The minimum Gasteiger partial charge on any atom is -0.444 e. The van der Waals surface area contributed by atoms with Crippen molar-refractivity contribution >= 4 is 6.09 Å². The highest BCUT2D eigenvalue weighted by Crippen LogP contribution is 2.22. The molecule has 0 saturated carbocycles. The Hall–Kier alpha value is -0.770. The molecule has 1 saturated heterocycles. The second-order valence-corrected chi connectivity index (χ2v) is 4.13. The molecule has 0 aromatic rings. The number of hydrogen-bond acceptors (Lipinski definition) is 3. The Kier molecular flexibility index (Phi) is 2.28. The number of nitrogens with zero attached hydrogens (tertiary/aromatic N) is 1. The molecule has 0 aromatic carbocycles. The first-order valence-corrected chi connectivity index (χ1v) is 4.11. The first-order valence-electron chi connectivity index (χ1n) is 4.11. The van der Waals surface area contributed by atoms with Gasteiger partial charge in [0.25, 0.3) is 0 Å². The molecule has 0 aliphatic carbocycles. The van der Waals surface area contributed by atoms with Crippen LogP contribution >= 0.6 is 0 Å². The Morgan fingerprint density at radius 2 is 2.00 bits per heavy atom. The van der Waals surface area contributed by atoms with Gasteiger partial charge in [-0.15, -0.1) is 0 Å². The lowest BCUT2D eigenvalue weighted by Crippen LogP contribution is -2.60. The second-order valence-electron chi connectivity index (χ2n) is 4.13. The summed E-state index contributed by atoms with van der Waals surface area (Å²) in [6.45, 7) is 7.99. The Balaban J connectivity index is 2.25. The first kappa shape index (κ1) is 9.32. The molecule has 0 atom stereocenters. The van der Waals surface area contributed by atoms with Gasteiger partial charge in [0.15, 0.2) is 0 Å². The summed E-state index contributed by atoms with van der Waals surface area (Å²) >= 11 is 0. The molecule has 70 valence electrons. The SMILES string of the molecule is CC(C)(C)N1CC(OC(N)=O)C1. The summed E-state index contributed by atoms with van der Waals surface area (Å²) in [5.41, 5.74) is 5.04. The van der Waals surface area contributed by atoms with Crippen molar-refractivity contribution in [2.24, 2.45) is 5.73 Å². The van der Waals surface area contributed by atoms with Crippen LogP contribution in [0.4, 0.5) is 4.79 Å². The van der Waals surface area contributed by atoms with E-state index in [0.717, 1.165) is 13.1 Å². The molecule has 1 fully saturated rings. The summed E-state index contributed by atoms with van der Waals surface area (Å²) in [6.07, 6.45) is -0.671. The van der Waals surface area contributed by atoms with E-state index in [-0.39, 0.29) is 11.6 Å². The first-order chi connectivity index (χ1) is 5.39. The average Bonchev–Trinajstić information content (AvgIpc) is 1.73. The summed E-state index contributed by atoms with van der Waals surface area (Å²) in [5, 5.41) is 0. The summed E-state index contributed by atoms with van der Waals surface area (Å²) in [4.78, 5) is 12.6. The van der Waals surface area contributed by atoms with Crippen LogP contribution in [0.1, 0.15) is 20.8 Å². The van der Waals surface area contributed by atoms with Gasteiger partial charge in [-0.2, -0.15) is 0 Å². The van der Waals surface area contributed by atoms with E-state index in [9.17, 15) is 4.79 Å². The van der Waals surface area contributed by atoms with Gasteiger partial charge in [-0.3, -0.25) is 4.90 Å². The maximum Gasteiger partial charge on any atom is 0.404 e. The number of primary amides is 1. The van der Waals surface area contributed by atoms with Crippen LogP contribution in [0.25, 0.3) is 0 Å². The molecular weight excluding hydrogens is 156 g/mol. The zero-order valence-corrected chi connectivity index (χ0v) is 7.83. The van der Waals surface area contributed by atoms with E-state index >= 15 is 0 Å². The molecular formula is C8H16N2O2. The van der Waals surface area contributed by atoms with E-state index in [2.05, 4.69) is 25.7 Å². The number of amides is 1. The molecule has 1 amide bonds. The van der Waals surface area contributed by atoms with E-state index in [1.54, 1.807) is 0 Å². The Morgan fingerprint density at radius 3 is 2.33 bits per heavy atom. The standard InChI is InChI=1S/C8H16N2O2/c1-8(2,3)10-4-6(5-10)12-7(9)11/h6H,4-5H2,1-3H3,(H2,9,11). The predicted octanol–water partition coefficient (Wildman–Crippen LogP) is 0.564. The van der Waals surface area contributed by atoms with Crippen LogP contribution < -0.4 is 5.73 Å². The van der Waals surface area contributed by atoms with Crippen LogP contribution in [0.3, 0.4) is 0 Å². The maximum absolute atomic E-state index is 10.3. The molecule has 4 nitrogen and oxygen atoms in total. The fraction of sp³-hybridized carbons (Fsp3) is 0.875. The van der Waals surface area contributed by atoms with Crippen molar-refractivity contribution in [2.45, 2.75) is 32.4 Å². The molecule has 1 heterocycles. The summed E-state index contributed by atoms with van der Waals surface area (Å²) in [6, 6.07) is 0. The topological polar surface area (TPSA) is 55.6 Å². The number of nitrogens with two attached hydrogens (primary N) is 1. The molecule has 1 aliphatic heterocycles. The van der Waals surface area contributed by atoms with E-state index < -0.39 is 6.09 Å². The molecule has 12 heavy (non-hydrogen) atoms. The van der Waals surface area contributed by atoms with Crippen molar-refractivity contribution in [3.05, 3.63) is 0 Å². The van der Waals surface area contributed by atoms with Crippen molar-refractivity contribution < 1.29 is 9.53 Å².